The Bertz CT molecular complexity index is 442. The molecule has 2 aromatic heterocycles. The van der Waals surface area contributed by atoms with E-state index in [9.17, 15) is 0 Å². The van der Waals surface area contributed by atoms with E-state index in [1.807, 2.05) is 28.9 Å². The summed E-state index contributed by atoms with van der Waals surface area (Å²) in [5.74, 6) is 0.804. The predicted molar refractivity (Wildman–Crippen MR) is 51.6 cm³/mol. The van der Waals surface area contributed by atoms with Crippen LogP contribution in [0.1, 0.15) is 0 Å². The molecule has 1 radical (unpaired) electrons. The van der Waals surface area contributed by atoms with E-state index in [4.69, 9.17) is 4.65 Å². The minimum Gasteiger partial charge on any atom is -0.496 e. The number of aromatic nitrogens is 2. The molecule has 0 saturated heterocycles. The summed E-state index contributed by atoms with van der Waals surface area (Å²) in [6.45, 7) is 0. The molecule has 3 rings (SSSR count). The Morgan fingerprint density at radius 2 is 2.29 bits per heavy atom. The lowest BCUT2D eigenvalue weighted by atomic mass is 10.0. The quantitative estimate of drug-likeness (QED) is 0.563. The van der Waals surface area contributed by atoms with Crippen LogP contribution in [-0.2, 0) is 0 Å². The summed E-state index contributed by atoms with van der Waals surface area (Å²) in [6, 6.07) is 7.98. The first-order chi connectivity index (χ1) is 6.95. The maximum Gasteiger partial charge on any atom is 0.831 e. The van der Waals surface area contributed by atoms with Crippen LogP contribution in [0.25, 0.3) is 11.3 Å². The molecule has 0 atom stereocenters. The van der Waals surface area contributed by atoms with Gasteiger partial charge in [0.25, 0.3) is 0 Å². The summed E-state index contributed by atoms with van der Waals surface area (Å²) in [4.78, 5) is 4.02. The van der Waals surface area contributed by atoms with Crippen molar-refractivity contribution >= 4 is 7.62 Å². The van der Waals surface area contributed by atoms with Crippen LogP contribution in [0.2, 0.25) is 0 Å². The maximum atomic E-state index is 5.43. The van der Waals surface area contributed by atoms with E-state index in [2.05, 4.69) is 11.1 Å². The van der Waals surface area contributed by atoms with Crippen LogP contribution in [-0.4, -0.2) is 12.6 Å². The van der Waals surface area contributed by atoms with E-state index in [1.54, 1.807) is 20.0 Å². The maximum absolute atomic E-state index is 5.43. The van der Waals surface area contributed by atoms with Gasteiger partial charge < -0.3 is 4.65 Å². The van der Waals surface area contributed by atoms with Crippen molar-refractivity contribution in [3.63, 3.8) is 0 Å². The topological polar surface area (TPSA) is 26.0 Å². The van der Waals surface area contributed by atoms with Gasteiger partial charge in [-0.2, -0.15) is 0 Å². The summed E-state index contributed by atoms with van der Waals surface area (Å²) < 4.78 is 7.37. The van der Waals surface area contributed by atoms with E-state index < -0.39 is 0 Å². The third-order valence-electron chi connectivity index (χ3n) is 2.24. The first-order valence-corrected chi connectivity index (χ1v) is 4.40. The summed E-state index contributed by atoms with van der Waals surface area (Å²) in [6.07, 6.45) is 5.45. The Labute approximate surface area is 82.3 Å². The summed E-state index contributed by atoms with van der Waals surface area (Å²) in [7, 11) is 1.68. The molecule has 0 saturated carbocycles. The Morgan fingerprint density at radius 1 is 1.29 bits per heavy atom. The monoisotopic (exact) mass is 182 g/mol. The normalized spacial score (nSPS) is 12.0. The van der Waals surface area contributed by atoms with Gasteiger partial charge in [-0.1, -0.05) is 0 Å². The van der Waals surface area contributed by atoms with Gasteiger partial charge in [0.2, 0.25) is 0 Å². The first kappa shape index (κ1) is 7.56. The van der Waals surface area contributed by atoms with Gasteiger partial charge in [-0.15, -0.1) is 0 Å². The van der Waals surface area contributed by atoms with Crippen molar-refractivity contribution in [2.45, 2.75) is 0 Å². The Kier molecular flexibility index (Phi) is 1.53. The van der Waals surface area contributed by atoms with Gasteiger partial charge in [-0.25, -0.2) is 4.48 Å². The Balaban J connectivity index is 2.29. The summed E-state index contributed by atoms with van der Waals surface area (Å²) in [5, 5.41) is 0. The molecule has 0 aliphatic carbocycles. The molecule has 65 valence electrons. The lowest BCUT2D eigenvalue weighted by Gasteiger charge is -2.12. The molecule has 2 aromatic rings. The van der Waals surface area contributed by atoms with Gasteiger partial charge in [0.15, 0.2) is 5.69 Å². The van der Waals surface area contributed by atoms with Crippen molar-refractivity contribution in [1.29, 1.82) is 0 Å². The molecular weight excluding hydrogens is 175 g/mol. The fraction of sp³-hybridized carbons (Fsp3) is 0. The fourth-order valence-electron chi connectivity index (χ4n) is 1.58. The summed E-state index contributed by atoms with van der Waals surface area (Å²) in [5.41, 5.74) is 2.19. The van der Waals surface area contributed by atoms with E-state index in [0.29, 0.717) is 0 Å². The zero-order valence-electron chi connectivity index (χ0n) is 7.42. The highest BCUT2D eigenvalue weighted by molar-refractivity contribution is 6.18. The molecule has 3 nitrogen and oxygen atoms in total. The van der Waals surface area contributed by atoms with E-state index >= 15 is 0 Å². The highest BCUT2D eigenvalue weighted by Crippen LogP contribution is 2.27. The van der Waals surface area contributed by atoms with Crippen LogP contribution in [0.15, 0.2) is 42.9 Å². The molecule has 1 aliphatic rings. The van der Waals surface area contributed by atoms with Gasteiger partial charge in [0.1, 0.15) is 11.9 Å². The van der Waals surface area contributed by atoms with Crippen LogP contribution >= 0.6 is 0 Å². The Morgan fingerprint density at radius 3 is 3.29 bits per heavy atom. The highest BCUT2D eigenvalue weighted by Gasteiger charge is 2.27. The number of pyridine rings is 2. The average molecular weight is 182 g/mol. The Hall–Kier alpha value is -1.84. The van der Waals surface area contributed by atoms with Crippen molar-refractivity contribution in [1.82, 2.24) is 4.98 Å². The van der Waals surface area contributed by atoms with E-state index in [-0.39, 0.29) is 0 Å². The average Bonchev–Trinajstić information content (AvgIpc) is 2.29. The van der Waals surface area contributed by atoms with E-state index in [0.717, 1.165) is 17.0 Å². The first-order valence-electron chi connectivity index (χ1n) is 4.40. The van der Waals surface area contributed by atoms with Crippen molar-refractivity contribution < 1.29 is 9.13 Å². The van der Waals surface area contributed by atoms with Crippen molar-refractivity contribution in [2.24, 2.45) is 0 Å². The van der Waals surface area contributed by atoms with Crippen molar-refractivity contribution in [3.05, 3.63) is 42.9 Å². The van der Waals surface area contributed by atoms with Gasteiger partial charge >= 0.3 is 7.62 Å². The molecule has 1 aliphatic heterocycles. The minimum atomic E-state index is 0.804. The molecule has 0 unspecified atom stereocenters. The summed E-state index contributed by atoms with van der Waals surface area (Å²) >= 11 is 0. The third kappa shape index (κ3) is 1.00. The minimum absolute atomic E-state index is 0.804. The number of nitrogens with zero attached hydrogens (tertiary/aromatic N) is 2. The van der Waals surface area contributed by atoms with Gasteiger partial charge in [0.05, 0.1) is 11.8 Å². The second-order valence-electron chi connectivity index (χ2n) is 3.09. The fourth-order valence-corrected chi connectivity index (χ4v) is 1.58. The predicted octanol–water partition coefficient (Wildman–Crippen LogP) is 0.811. The molecular formula is C10H7BN2O+. The highest BCUT2D eigenvalue weighted by atomic mass is 16.4. The smallest absolute Gasteiger partial charge is 0.496 e. The zero-order chi connectivity index (χ0) is 9.38. The number of hydrogen-bond acceptors (Lipinski definition) is 2. The molecule has 14 heavy (non-hydrogen) atoms. The molecule has 0 spiro atoms. The lowest BCUT2D eigenvalue weighted by Crippen LogP contribution is -2.47. The molecule has 0 fully saturated rings. The molecule has 0 N–H and O–H groups in total. The number of rotatable bonds is 0. The number of hydrogen-bond donors (Lipinski definition) is 0. The third-order valence-corrected chi connectivity index (χ3v) is 2.24. The molecule has 3 heterocycles. The molecule has 0 aromatic carbocycles. The second kappa shape index (κ2) is 2.84. The SMILES string of the molecule is [B]1Oc2cnccc2-c2cccc[n+]21. The van der Waals surface area contributed by atoms with Gasteiger partial charge in [-0.05, 0) is 18.2 Å². The van der Waals surface area contributed by atoms with Crippen LogP contribution in [0, 0.1) is 0 Å². The van der Waals surface area contributed by atoms with Crippen LogP contribution in [0.3, 0.4) is 0 Å². The van der Waals surface area contributed by atoms with E-state index in [1.165, 1.54) is 0 Å². The second-order valence-corrected chi connectivity index (χ2v) is 3.09. The zero-order valence-corrected chi connectivity index (χ0v) is 7.42. The van der Waals surface area contributed by atoms with Crippen LogP contribution < -0.4 is 9.13 Å². The largest absolute Gasteiger partial charge is 0.831 e. The molecule has 0 amide bonds. The van der Waals surface area contributed by atoms with Crippen molar-refractivity contribution in [3.8, 4) is 17.0 Å². The standard InChI is InChI=1S/C10H7BN2O/c1-2-6-13-9(3-1)8-4-5-12-7-10(8)14-11-13/h1-7H/q+1. The van der Waals surface area contributed by atoms with Gasteiger partial charge in [0, 0.05) is 12.3 Å². The van der Waals surface area contributed by atoms with Crippen molar-refractivity contribution in [2.75, 3.05) is 0 Å². The molecule has 0 bridgehead atoms. The number of fused-ring (bicyclic) bond motifs is 3. The van der Waals surface area contributed by atoms with Crippen LogP contribution in [0.4, 0.5) is 0 Å². The molecule has 4 heteroatoms. The van der Waals surface area contributed by atoms with Crippen LogP contribution in [0.5, 0.6) is 5.75 Å². The van der Waals surface area contributed by atoms with Gasteiger partial charge in [-0.3, -0.25) is 4.98 Å². The lowest BCUT2D eigenvalue weighted by molar-refractivity contribution is -0.528.